The second kappa shape index (κ2) is 4.42. The second-order valence-corrected chi connectivity index (χ2v) is 3.32. The molecule has 0 bridgehead atoms. The lowest BCUT2D eigenvalue weighted by Crippen LogP contribution is -2.11. The summed E-state index contributed by atoms with van der Waals surface area (Å²) in [6, 6.07) is 3.93. The lowest BCUT2D eigenvalue weighted by atomic mass is 10.0. The Hall–Kier alpha value is -1.09. The van der Waals surface area contributed by atoms with E-state index in [1.54, 1.807) is 6.92 Å². The Kier molecular flexibility index (Phi) is 3.47. The lowest BCUT2D eigenvalue weighted by Gasteiger charge is -2.10. The molecule has 0 heterocycles. The number of hydrogen-bond acceptors (Lipinski definition) is 2. The molecule has 1 unspecified atom stereocenters. The van der Waals surface area contributed by atoms with Crippen LogP contribution in [0.4, 0.5) is 4.39 Å². The number of methoxy groups -OCH3 is 1. The molecule has 0 spiro atoms. The Labute approximate surface area is 86.6 Å². The summed E-state index contributed by atoms with van der Waals surface area (Å²) in [5.74, 6) is -1.29. The van der Waals surface area contributed by atoms with Crippen LogP contribution < -0.4 is 0 Å². The van der Waals surface area contributed by atoms with Crippen molar-refractivity contribution < 1.29 is 13.9 Å². The van der Waals surface area contributed by atoms with E-state index in [4.69, 9.17) is 11.6 Å². The lowest BCUT2D eigenvalue weighted by molar-refractivity contribution is -0.141. The summed E-state index contributed by atoms with van der Waals surface area (Å²) in [4.78, 5) is 11.2. The van der Waals surface area contributed by atoms with Crippen molar-refractivity contribution in [2.75, 3.05) is 7.11 Å². The van der Waals surface area contributed by atoms with Crippen molar-refractivity contribution in [3.63, 3.8) is 0 Å². The number of hydrogen-bond donors (Lipinski definition) is 0. The fourth-order valence-corrected chi connectivity index (χ4v) is 1.49. The van der Waals surface area contributed by atoms with Gasteiger partial charge in [0.25, 0.3) is 0 Å². The van der Waals surface area contributed by atoms with Crippen molar-refractivity contribution in [2.45, 2.75) is 12.8 Å². The van der Waals surface area contributed by atoms with E-state index in [0.29, 0.717) is 5.56 Å². The van der Waals surface area contributed by atoms with Gasteiger partial charge in [-0.2, -0.15) is 0 Å². The van der Waals surface area contributed by atoms with Gasteiger partial charge in [-0.25, -0.2) is 4.39 Å². The van der Waals surface area contributed by atoms with E-state index in [2.05, 4.69) is 4.74 Å². The Morgan fingerprint density at radius 2 is 2.21 bits per heavy atom. The average molecular weight is 217 g/mol. The molecule has 0 aromatic heterocycles. The van der Waals surface area contributed by atoms with E-state index >= 15 is 0 Å². The van der Waals surface area contributed by atoms with Gasteiger partial charge < -0.3 is 4.74 Å². The molecule has 0 radical (unpaired) electrons. The second-order valence-electron chi connectivity index (χ2n) is 2.91. The van der Waals surface area contributed by atoms with Crippen molar-refractivity contribution in [1.82, 2.24) is 0 Å². The quantitative estimate of drug-likeness (QED) is 0.711. The molecule has 1 atom stereocenters. The third-order valence-corrected chi connectivity index (χ3v) is 2.31. The molecular formula is C10H10ClFO2. The van der Waals surface area contributed by atoms with Crippen molar-refractivity contribution >= 4 is 17.6 Å². The summed E-state index contributed by atoms with van der Waals surface area (Å²) >= 11 is 5.78. The number of carbonyl (C=O) groups is 1. The molecule has 1 aromatic rings. The predicted molar refractivity (Wildman–Crippen MR) is 51.8 cm³/mol. The summed E-state index contributed by atoms with van der Waals surface area (Å²) in [6.07, 6.45) is 0. The van der Waals surface area contributed by atoms with E-state index in [1.807, 2.05) is 0 Å². The summed E-state index contributed by atoms with van der Waals surface area (Å²) in [5.41, 5.74) is 0.569. The third-order valence-electron chi connectivity index (χ3n) is 1.98. The summed E-state index contributed by atoms with van der Waals surface area (Å²) in [6.45, 7) is 1.66. The van der Waals surface area contributed by atoms with Gasteiger partial charge in [0, 0.05) is 5.02 Å². The first-order chi connectivity index (χ1) is 6.56. The fourth-order valence-electron chi connectivity index (χ4n) is 1.16. The smallest absolute Gasteiger partial charge is 0.312 e. The van der Waals surface area contributed by atoms with E-state index in [1.165, 1.54) is 25.3 Å². The maximum Gasteiger partial charge on any atom is 0.312 e. The standard InChI is InChI=1S/C10H10ClFO2/c1-6(10(13)14-2)8-4-3-7(12)5-9(8)11/h3-6H,1-2H3. The Morgan fingerprint density at radius 1 is 1.57 bits per heavy atom. The maximum atomic E-state index is 12.7. The predicted octanol–water partition coefficient (Wildman–Crippen LogP) is 2.76. The molecule has 0 N–H and O–H groups in total. The minimum absolute atomic E-state index is 0.239. The molecule has 0 aliphatic heterocycles. The number of ether oxygens (including phenoxy) is 1. The first kappa shape index (κ1) is 11.0. The molecule has 1 aromatic carbocycles. The molecule has 0 aliphatic rings. The van der Waals surface area contributed by atoms with Crippen LogP contribution in [0.25, 0.3) is 0 Å². The van der Waals surface area contributed by atoms with Crippen LogP contribution in [-0.2, 0) is 9.53 Å². The highest BCUT2D eigenvalue weighted by atomic mass is 35.5. The summed E-state index contributed by atoms with van der Waals surface area (Å²) in [7, 11) is 1.30. The molecule has 0 fully saturated rings. The van der Waals surface area contributed by atoms with Gasteiger partial charge in [0.2, 0.25) is 0 Å². The number of esters is 1. The largest absolute Gasteiger partial charge is 0.469 e. The molecule has 0 aliphatic carbocycles. The van der Waals surface area contributed by atoms with E-state index in [0.717, 1.165) is 0 Å². The van der Waals surface area contributed by atoms with Gasteiger partial charge in [0.1, 0.15) is 5.82 Å². The van der Waals surface area contributed by atoms with Crippen molar-refractivity contribution in [3.05, 3.63) is 34.6 Å². The summed E-state index contributed by atoms with van der Waals surface area (Å²) < 4.78 is 17.3. The van der Waals surface area contributed by atoms with Gasteiger partial charge >= 0.3 is 5.97 Å². The first-order valence-electron chi connectivity index (χ1n) is 4.09. The van der Waals surface area contributed by atoms with Crippen LogP contribution in [-0.4, -0.2) is 13.1 Å². The van der Waals surface area contributed by atoms with E-state index < -0.39 is 17.7 Å². The molecule has 14 heavy (non-hydrogen) atoms. The van der Waals surface area contributed by atoms with Gasteiger partial charge in [-0.1, -0.05) is 17.7 Å². The van der Waals surface area contributed by atoms with Crippen LogP contribution in [0, 0.1) is 5.82 Å². The van der Waals surface area contributed by atoms with Crippen LogP contribution in [0.5, 0.6) is 0 Å². The van der Waals surface area contributed by atoms with E-state index in [9.17, 15) is 9.18 Å². The van der Waals surface area contributed by atoms with Gasteiger partial charge in [-0.15, -0.1) is 0 Å². The van der Waals surface area contributed by atoms with Crippen LogP contribution >= 0.6 is 11.6 Å². The number of benzene rings is 1. The van der Waals surface area contributed by atoms with Gasteiger partial charge in [-0.3, -0.25) is 4.79 Å². The van der Waals surface area contributed by atoms with E-state index in [-0.39, 0.29) is 5.02 Å². The molecule has 4 heteroatoms. The Morgan fingerprint density at radius 3 is 2.71 bits per heavy atom. The van der Waals surface area contributed by atoms with Crippen LogP contribution in [0.15, 0.2) is 18.2 Å². The minimum atomic E-state index is -0.479. The van der Waals surface area contributed by atoms with Gasteiger partial charge in [0.05, 0.1) is 13.0 Å². The third kappa shape index (κ3) is 2.23. The number of halogens is 2. The topological polar surface area (TPSA) is 26.3 Å². The number of carbonyl (C=O) groups excluding carboxylic acids is 1. The average Bonchev–Trinajstić information content (AvgIpc) is 2.15. The molecule has 76 valence electrons. The van der Waals surface area contributed by atoms with Crippen molar-refractivity contribution in [3.8, 4) is 0 Å². The monoisotopic (exact) mass is 216 g/mol. The Bertz CT molecular complexity index is 352. The minimum Gasteiger partial charge on any atom is -0.469 e. The van der Waals surface area contributed by atoms with Crippen LogP contribution in [0.2, 0.25) is 5.02 Å². The molecule has 1 rings (SSSR count). The molecule has 0 amide bonds. The number of rotatable bonds is 2. The van der Waals surface area contributed by atoms with Crippen molar-refractivity contribution in [1.29, 1.82) is 0 Å². The summed E-state index contributed by atoms with van der Waals surface area (Å²) in [5, 5.41) is 0.239. The fraction of sp³-hybridized carbons (Fsp3) is 0.300. The molecular weight excluding hydrogens is 207 g/mol. The zero-order valence-corrected chi connectivity index (χ0v) is 8.64. The van der Waals surface area contributed by atoms with Crippen molar-refractivity contribution in [2.24, 2.45) is 0 Å². The Balaban J connectivity index is 3.01. The SMILES string of the molecule is COC(=O)C(C)c1ccc(F)cc1Cl. The van der Waals surface area contributed by atoms with Gasteiger partial charge in [0.15, 0.2) is 0 Å². The molecule has 0 saturated carbocycles. The first-order valence-corrected chi connectivity index (χ1v) is 4.47. The zero-order chi connectivity index (χ0) is 10.7. The normalized spacial score (nSPS) is 12.3. The molecule has 0 saturated heterocycles. The maximum absolute atomic E-state index is 12.7. The van der Waals surface area contributed by atoms with Crippen LogP contribution in [0.3, 0.4) is 0 Å². The van der Waals surface area contributed by atoms with Crippen LogP contribution in [0.1, 0.15) is 18.4 Å². The zero-order valence-electron chi connectivity index (χ0n) is 7.88. The highest BCUT2D eigenvalue weighted by Gasteiger charge is 2.18. The highest BCUT2D eigenvalue weighted by Crippen LogP contribution is 2.25. The highest BCUT2D eigenvalue weighted by molar-refractivity contribution is 6.31. The molecule has 2 nitrogen and oxygen atoms in total. The van der Waals surface area contributed by atoms with Gasteiger partial charge in [-0.05, 0) is 24.6 Å².